The van der Waals surface area contributed by atoms with Crippen LogP contribution in [0.15, 0.2) is 24.3 Å². The van der Waals surface area contributed by atoms with Crippen molar-refractivity contribution in [2.75, 3.05) is 13.2 Å². The molecular weight excluding hydrogens is 279 g/mol. The van der Waals surface area contributed by atoms with E-state index < -0.39 is 24.2 Å². The number of nitrogens with zero attached hydrogens (tertiary/aromatic N) is 1. The average molecular weight is 296 g/mol. The zero-order valence-electron chi connectivity index (χ0n) is 11.3. The van der Waals surface area contributed by atoms with Gasteiger partial charge in [-0.1, -0.05) is 12.1 Å². The van der Waals surface area contributed by atoms with Gasteiger partial charge in [0.2, 0.25) is 0 Å². The van der Waals surface area contributed by atoms with E-state index in [9.17, 15) is 14.0 Å². The Bertz CT molecular complexity index is 520. The van der Waals surface area contributed by atoms with Crippen molar-refractivity contribution in [3.05, 3.63) is 35.4 Å². The largest absolute Gasteiger partial charge is 0.478 e. The molecular formula is C14H17FN2O4. The average Bonchev–Trinajstić information content (AvgIpc) is 2.86. The van der Waals surface area contributed by atoms with Gasteiger partial charge in [0.05, 0.1) is 24.8 Å². The molecule has 0 saturated carbocycles. The smallest absolute Gasteiger partial charge is 0.335 e. The van der Waals surface area contributed by atoms with E-state index in [1.807, 2.05) is 0 Å². The molecule has 3 N–H and O–H groups in total. The van der Waals surface area contributed by atoms with Gasteiger partial charge in [-0.2, -0.15) is 0 Å². The Kier molecular flexibility index (Phi) is 4.74. The number of hydrogen-bond acceptors (Lipinski definition) is 3. The second-order valence-electron chi connectivity index (χ2n) is 4.98. The summed E-state index contributed by atoms with van der Waals surface area (Å²) in [5.74, 6) is -1.01. The van der Waals surface area contributed by atoms with Gasteiger partial charge in [-0.05, 0) is 17.7 Å². The molecule has 1 fully saturated rings. The fourth-order valence-corrected chi connectivity index (χ4v) is 2.33. The number of benzene rings is 1. The van der Waals surface area contributed by atoms with Crippen LogP contribution in [-0.4, -0.2) is 52.5 Å². The van der Waals surface area contributed by atoms with Gasteiger partial charge in [0.15, 0.2) is 0 Å². The van der Waals surface area contributed by atoms with Crippen LogP contribution in [0.25, 0.3) is 0 Å². The molecule has 1 aliphatic heterocycles. The first kappa shape index (κ1) is 15.2. The molecule has 2 atom stereocenters. The lowest BCUT2D eigenvalue weighted by Crippen LogP contribution is -2.44. The number of carbonyl (C=O) groups is 2. The first-order valence-electron chi connectivity index (χ1n) is 6.63. The van der Waals surface area contributed by atoms with Gasteiger partial charge >= 0.3 is 12.0 Å². The van der Waals surface area contributed by atoms with Crippen molar-refractivity contribution in [3.63, 3.8) is 0 Å². The number of carbonyl (C=O) groups excluding carboxylic acids is 1. The predicted octanol–water partition coefficient (Wildman–Crippen LogP) is 0.999. The number of likely N-dealkylation sites (tertiary alicyclic amines) is 1. The van der Waals surface area contributed by atoms with Crippen LogP contribution in [0, 0.1) is 0 Å². The summed E-state index contributed by atoms with van der Waals surface area (Å²) in [6.07, 6.45) is -0.959. The number of nitrogens with one attached hydrogen (secondary N) is 1. The number of rotatable bonds is 4. The van der Waals surface area contributed by atoms with Crippen molar-refractivity contribution >= 4 is 12.0 Å². The molecule has 1 aromatic carbocycles. The highest BCUT2D eigenvalue weighted by Crippen LogP contribution is 2.20. The van der Waals surface area contributed by atoms with Gasteiger partial charge in [0.1, 0.15) is 6.17 Å². The highest BCUT2D eigenvalue weighted by molar-refractivity contribution is 5.87. The number of aliphatic hydroxyl groups excluding tert-OH is 1. The van der Waals surface area contributed by atoms with Crippen molar-refractivity contribution < 1.29 is 24.2 Å². The van der Waals surface area contributed by atoms with E-state index in [1.54, 1.807) is 12.1 Å². The highest BCUT2D eigenvalue weighted by atomic mass is 19.1. The lowest BCUT2D eigenvalue weighted by Gasteiger charge is -2.22. The van der Waals surface area contributed by atoms with E-state index in [1.165, 1.54) is 17.0 Å². The molecule has 1 heterocycles. The third kappa shape index (κ3) is 3.69. The summed E-state index contributed by atoms with van der Waals surface area (Å²) in [6.45, 7) is -0.0690. The monoisotopic (exact) mass is 296 g/mol. The van der Waals surface area contributed by atoms with E-state index in [-0.39, 0.29) is 31.7 Å². The zero-order valence-corrected chi connectivity index (χ0v) is 11.3. The van der Waals surface area contributed by atoms with Gasteiger partial charge < -0.3 is 20.4 Å². The summed E-state index contributed by atoms with van der Waals surface area (Å²) >= 11 is 0. The molecule has 21 heavy (non-hydrogen) atoms. The third-order valence-electron chi connectivity index (χ3n) is 3.48. The molecule has 7 heteroatoms. The molecule has 1 aromatic rings. The minimum atomic E-state index is -1.11. The molecule has 2 amide bonds. The molecule has 6 nitrogen and oxygen atoms in total. The molecule has 0 aromatic heterocycles. The topological polar surface area (TPSA) is 89.9 Å². The fraction of sp³-hybridized carbons (Fsp3) is 0.429. The maximum Gasteiger partial charge on any atom is 0.335 e. The second kappa shape index (κ2) is 6.53. The molecule has 0 radical (unpaired) electrons. The van der Waals surface area contributed by atoms with Crippen LogP contribution in [0.2, 0.25) is 0 Å². The number of amides is 2. The number of urea groups is 1. The molecule has 0 spiro atoms. The third-order valence-corrected chi connectivity index (χ3v) is 3.48. The van der Waals surface area contributed by atoms with Crippen molar-refractivity contribution in [2.24, 2.45) is 0 Å². The maximum absolute atomic E-state index is 13.3. The Balaban J connectivity index is 1.90. The maximum atomic E-state index is 13.3. The molecule has 114 valence electrons. The standard InChI is InChI=1S/C14H17FN2O4/c15-11-5-12(8-18)17(7-11)14(21)16-6-9-1-3-10(4-2-9)13(19)20/h1-4,11-12,18H,5-8H2,(H,16,21)(H,19,20). The number of aliphatic hydroxyl groups is 1. The number of hydrogen-bond donors (Lipinski definition) is 3. The first-order valence-corrected chi connectivity index (χ1v) is 6.63. The summed E-state index contributed by atoms with van der Waals surface area (Å²) in [7, 11) is 0. The summed E-state index contributed by atoms with van der Waals surface area (Å²) in [6, 6.07) is 5.19. The van der Waals surface area contributed by atoms with E-state index in [0.717, 1.165) is 5.56 Å². The normalized spacial score (nSPS) is 21.3. The minimum Gasteiger partial charge on any atom is -0.478 e. The summed E-state index contributed by atoms with van der Waals surface area (Å²) in [4.78, 5) is 24.0. The lowest BCUT2D eigenvalue weighted by molar-refractivity contribution is 0.0697. The number of carboxylic acid groups (broad SMARTS) is 1. The van der Waals surface area contributed by atoms with Crippen molar-refractivity contribution in [2.45, 2.75) is 25.2 Å². The molecule has 2 rings (SSSR count). The van der Waals surface area contributed by atoms with E-state index in [4.69, 9.17) is 10.2 Å². The Morgan fingerprint density at radius 3 is 2.57 bits per heavy atom. The van der Waals surface area contributed by atoms with Gasteiger partial charge in [0, 0.05) is 13.0 Å². The molecule has 1 aliphatic rings. The first-order chi connectivity index (χ1) is 10.0. The van der Waals surface area contributed by atoms with Gasteiger partial charge in [-0.25, -0.2) is 14.0 Å². The number of carboxylic acids is 1. The van der Waals surface area contributed by atoms with E-state index >= 15 is 0 Å². The van der Waals surface area contributed by atoms with Crippen molar-refractivity contribution in [3.8, 4) is 0 Å². The number of halogens is 1. The lowest BCUT2D eigenvalue weighted by atomic mass is 10.1. The number of aromatic carboxylic acids is 1. The fourth-order valence-electron chi connectivity index (χ4n) is 2.33. The SMILES string of the molecule is O=C(O)c1ccc(CNC(=O)N2CC(F)CC2CO)cc1. The second-order valence-corrected chi connectivity index (χ2v) is 4.98. The molecule has 1 saturated heterocycles. The highest BCUT2D eigenvalue weighted by Gasteiger charge is 2.34. The summed E-state index contributed by atoms with van der Waals surface area (Å²) in [5, 5.41) is 20.5. The van der Waals surface area contributed by atoms with Gasteiger partial charge in [-0.3, -0.25) is 0 Å². The molecule has 2 unspecified atom stereocenters. The molecule has 0 aliphatic carbocycles. The van der Waals surface area contributed by atoms with Crippen molar-refractivity contribution in [1.82, 2.24) is 10.2 Å². The van der Waals surface area contributed by atoms with E-state index in [2.05, 4.69) is 5.32 Å². The predicted molar refractivity (Wildman–Crippen MR) is 72.7 cm³/mol. The Morgan fingerprint density at radius 1 is 1.33 bits per heavy atom. The molecule has 0 bridgehead atoms. The Morgan fingerprint density at radius 2 is 2.00 bits per heavy atom. The van der Waals surface area contributed by atoms with Crippen LogP contribution in [0.5, 0.6) is 0 Å². The Labute approximate surface area is 121 Å². The van der Waals surface area contributed by atoms with E-state index in [0.29, 0.717) is 0 Å². The quantitative estimate of drug-likeness (QED) is 0.773. The minimum absolute atomic E-state index is 0.0188. The van der Waals surface area contributed by atoms with Gasteiger partial charge in [-0.15, -0.1) is 0 Å². The van der Waals surface area contributed by atoms with Gasteiger partial charge in [0.25, 0.3) is 0 Å². The van der Waals surface area contributed by atoms with Crippen molar-refractivity contribution in [1.29, 1.82) is 0 Å². The van der Waals surface area contributed by atoms with Crippen LogP contribution in [0.1, 0.15) is 22.3 Å². The van der Waals surface area contributed by atoms with Crippen LogP contribution in [0.4, 0.5) is 9.18 Å². The zero-order chi connectivity index (χ0) is 15.4. The number of alkyl halides is 1. The van der Waals surface area contributed by atoms with Crippen LogP contribution in [0.3, 0.4) is 0 Å². The van der Waals surface area contributed by atoms with Crippen LogP contribution < -0.4 is 5.32 Å². The Hall–Kier alpha value is -2.15. The van der Waals surface area contributed by atoms with Crippen LogP contribution in [-0.2, 0) is 6.54 Å². The summed E-state index contributed by atoms with van der Waals surface area (Å²) in [5.41, 5.74) is 0.912. The van der Waals surface area contributed by atoms with Crippen LogP contribution >= 0.6 is 0 Å². The summed E-state index contributed by atoms with van der Waals surface area (Å²) < 4.78 is 13.3.